The van der Waals surface area contributed by atoms with Crippen LogP contribution in [0.2, 0.25) is 0 Å². The second-order valence-corrected chi connectivity index (χ2v) is 6.98. The first-order valence-electron chi connectivity index (χ1n) is 8.08. The van der Waals surface area contributed by atoms with Crippen LogP contribution < -0.4 is 10.6 Å². The van der Waals surface area contributed by atoms with E-state index in [1.807, 2.05) is 48.7 Å². The number of amides is 3. The maximum atomic E-state index is 12.5. The Bertz CT molecular complexity index is 715. The molecule has 5 nitrogen and oxygen atoms in total. The first-order chi connectivity index (χ1) is 11.6. The van der Waals surface area contributed by atoms with Gasteiger partial charge in [-0.05, 0) is 48.9 Å². The zero-order valence-corrected chi connectivity index (χ0v) is 14.4. The number of benzene rings is 1. The first-order valence-corrected chi connectivity index (χ1v) is 8.96. The Morgan fingerprint density at radius 3 is 2.92 bits per heavy atom. The van der Waals surface area contributed by atoms with Gasteiger partial charge in [-0.25, -0.2) is 4.79 Å². The molecule has 0 radical (unpaired) electrons. The molecule has 1 atom stereocenters. The molecule has 0 saturated carbocycles. The molecule has 1 aromatic heterocycles. The normalized spacial score (nSPS) is 16.9. The molecular weight excluding hydrogens is 322 g/mol. The predicted molar refractivity (Wildman–Crippen MR) is 96.1 cm³/mol. The van der Waals surface area contributed by atoms with Crippen molar-refractivity contribution in [2.24, 2.45) is 0 Å². The summed E-state index contributed by atoms with van der Waals surface area (Å²) in [5.74, 6) is -0.0831. The van der Waals surface area contributed by atoms with Crippen LogP contribution in [0.5, 0.6) is 0 Å². The second-order valence-electron chi connectivity index (χ2n) is 5.95. The van der Waals surface area contributed by atoms with Gasteiger partial charge in [0.05, 0.1) is 6.54 Å². The van der Waals surface area contributed by atoms with E-state index in [1.165, 1.54) is 0 Å². The third kappa shape index (κ3) is 3.94. The second kappa shape index (κ2) is 7.49. The van der Waals surface area contributed by atoms with Crippen LogP contribution in [0, 0.1) is 6.92 Å². The summed E-state index contributed by atoms with van der Waals surface area (Å²) in [4.78, 5) is 27.7. The lowest BCUT2D eigenvalue weighted by Gasteiger charge is -2.24. The van der Waals surface area contributed by atoms with Crippen molar-refractivity contribution in [3.8, 4) is 0 Å². The fraction of sp³-hybridized carbons (Fsp3) is 0.333. The summed E-state index contributed by atoms with van der Waals surface area (Å²) < 4.78 is 0. The van der Waals surface area contributed by atoms with E-state index in [4.69, 9.17) is 0 Å². The monoisotopic (exact) mass is 343 g/mol. The molecule has 1 saturated heterocycles. The van der Waals surface area contributed by atoms with Crippen LogP contribution in [-0.2, 0) is 11.3 Å². The smallest absolute Gasteiger partial charge is 0.322 e. The largest absolute Gasteiger partial charge is 0.349 e. The highest BCUT2D eigenvalue weighted by Gasteiger charge is 2.34. The van der Waals surface area contributed by atoms with E-state index in [0.717, 1.165) is 22.5 Å². The molecule has 24 heavy (non-hydrogen) atoms. The van der Waals surface area contributed by atoms with Gasteiger partial charge in [0.2, 0.25) is 5.91 Å². The van der Waals surface area contributed by atoms with Gasteiger partial charge in [-0.3, -0.25) is 4.79 Å². The Hall–Kier alpha value is -2.34. The Balaban J connectivity index is 1.59. The van der Waals surface area contributed by atoms with E-state index in [1.54, 1.807) is 16.2 Å². The molecule has 1 fully saturated rings. The third-order valence-corrected chi connectivity index (χ3v) is 4.98. The molecule has 2 heterocycles. The Morgan fingerprint density at radius 1 is 1.29 bits per heavy atom. The highest BCUT2D eigenvalue weighted by atomic mass is 32.1. The van der Waals surface area contributed by atoms with Crippen LogP contribution in [0.3, 0.4) is 0 Å². The number of anilines is 1. The van der Waals surface area contributed by atoms with Gasteiger partial charge in [-0.2, -0.15) is 0 Å². The summed E-state index contributed by atoms with van der Waals surface area (Å²) in [5, 5.41) is 7.81. The van der Waals surface area contributed by atoms with Crippen molar-refractivity contribution in [1.82, 2.24) is 10.2 Å². The van der Waals surface area contributed by atoms with Crippen LogP contribution in [0.1, 0.15) is 23.3 Å². The number of likely N-dealkylation sites (tertiary alicyclic amines) is 1. The number of nitrogens with zero attached hydrogens (tertiary/aromatic N) is 1. The molecule has 3 rings (SSSR count). The summed E-state index contributed by atoms with van der Waals surface area (Å²) in [7, 11) is 0. The fourth-order valence-corrected chi connectivity index (χ4v) is 3.55. The lowest BCUT2D eigenvalue weighted by Crippen LogP contribution is -2.47. The van der Waals surface area contributed by atoms with Gasteiger partial charge >= 0.3 is 6.03 Å². The number of rotatable bonds is 4. The maximum absolute atomic E-state index is 12.5. The van der Waals surface area contributed by atoms with Gasteiger partial charge in [0.1, 0.15) is 6.04 Å². The minimum absolute atomic E-state index is 0.0831. The van der Waals surface area contributed by atoms with Gasteiger partial charge in [0, 0.05) is 17.1 Å². The number of thiophene rings is 1. The molecule has 6 heteroatoms. The van der Waals surface area contributed by atoms with Gasteiger partial charge in [0.25, 0.3) is 0 Å². The fourth-order valence-electron chi connectivity index (χ4n) is 2.91. The summed E-state index contributed by atoms with van der Waals surface area (Å²) in [6, 6.07) is 11.0. The van der Waals surface area contributed by atoms with E-state index in [2.05, 4.69) is 10.6 Å². The van der Waals surface area contributed by atoms with E-state index in [-0.39, 0.29) is 11.9 Å². The molecule has 126 valence electrons. The Kier molecular flexibility index (Phi) is 5.15. The van der Waals surface area contributed by atoms with Crippen molar-refractivity contribution in [2.75, 3.05) is 11.9 Å². The van der Waals surface area contributed by atoms with Crippen molar-refractivity contribution in [2.45, 2.75) is 32.4 Å². The van der Waals surface area contributed by atoms with Crippen molar-refractivity contribution in [1.29, 1.82) is 0 Å². The lowest BCUT2D eigenvalue weighted by atomic mass is 10.2. The van der Waals surface area contributed by atoms with Crippen molar-refractivity contribution < 1.29 is 9.59 Å². The van der Waals surface area contributed by atoms with Crippen LogP contribution >= 0.6 is 11.3 Å². The molecule has 2 aromatic rings. The maximum Gasteiger partial charge on any atom is 0.322 e. The summed E-state index contributed by atoms with van der Waals surface area (Å²) in [5.41, 5.74) is 1.84. The van der Waals surface area contributed by atoms with E-state index in [9.17, 15) is 9.59 Å². The number of aryl methyl sites for hydroxylation is 1. The van der Waals surface area contributed by atoms with Crippen LogP contribution in [0.4, 0.5) is 10.5 Å². The van der Waals surface area contributed by atoms with Crippen LogP contribution in [0.25, 0.3) is 0 Å². The number of hydrogen-bond donors (Lipinski definition) is 2. The number of nitrogens with one attached hydrogen (secondary N) is 2. The molecular formula is C18H21N3O2S. The minimum atomic E-state index is -0.394. The van der Waals surface area contributed by atoms with Gasteiger partial charge in [-0.15, -0.1) is 11.3 Å². The van der Waals surface area contributed by atoms with Gasteiger partial charge in [0.15, 0.2) is 0 Å². The molecule has 1 aromatic carbocycles. The highest BCUT2D eigenvalue weighted by molar-refractivity contribution is 7.09. The SMILES string of the molecule is Cc1cccc(NC(=O)N2CCC[C@H]2C(=O)NCc2cccs2)c1. The first kappa shape index (κ1) is 16.5. The average Bonchev–Trinajstić information content (AvgIpc) is 3.24. The summed E-state index contributed by atoms with van der Waals surface area (Å²) in [6.07, 6.45) is 1.55. The highest BCUT2D eigenvalue weighted by Crippen LogP contribution is 2.20. The van der Waals surface area contributed by atoms with Crippen molar-refractivity contribution in [3.63, 3.8) is 0 Å². The van der Waals surface area contributed by atoms with Crippen LogP contribution in [-0.4, -0.2) is 29.4 Å². The molecule has 0 bridgehead atoms. The molecule has 0 spiro atoms. The zero-order chi connectivity index (χ0) is 16.9. The minimum Gasteiger partial charge on any atom is -0.349 e. The number of hydrogen-bond acceptors (Lipinski definition) is 3. The topological polar surface area (TPSA) is 61.4 Å². The van der Waals surface area contributed by atoms with E-state index in [0.29, 0.717) is 19.5 Å². The molecule has 1 aliphatic rings. The molecule has 0 aliphatic carbocycles. The lowest BCUT2D eigenvalue weighted by molar-refractivity contribution is -0.124. The summed E-state index contributed by atoms with van der Waals surface area (Å²) in [6.45, 7) is 3.10. The van der Waals surface area contributed by atoms with Gasteiger partial charge < -0.3 is 15.5 Å². The van der Waals surface area contributed by atoms with E-state index >= 15 is 0 Å². The Morgan fingerprint density at radius 2 is 2.17 bits per heavy atom. The standard InChI is InChI=1S/C18H21N3O2S/c1-13-5-2-6-14(11-13)20-18(23)21-9-3-8-16(21)17(22)19-12-15-7-4-10-24-15/h2,4-7,10-11,16H,3,8-9,12H2,1H3,(H,19,22)(H,20,23)/t16-/m0/s1. The van der Waals surface area contributed by atoms with Gasteiger partial charge in [-0.1, -0.05) is 18.2 Å². The van der Waals surface area contributed by atoms with Crippen LogP contribution in [0.15, 0.2) is 41.8 Å². The number of carbonyl (C=O) groups is 2. The molecule has 1 aliphatic heterocycles. The van der Waals surface area contributed by atoms with Crippen molar-refractivity contribution in [3.05, 3.63) is 52.2 Å². The molecule has 0 unspecified atom stereocenters. The number of urea groups is 1. The zero-order valence-electron chi connectivity index (χ0n) is 13.6. The van der Waals surface area contributed by atoms with Crippen molar-refractivity contribution >= 4 is 29.0 Å². The number of carbonyl (C=O) groups excluding carboxylic acids is 2. The predicted octanol–water partition coefficient (Wildman–Crippen LogP) is 3.37. The Labute approximate surface area is 145 Å². The quantitative estimate of drug-likeness (QED) is 0.894. The average molecular weight is 343 g/mol. The molecule has 3 amide bonds. The van der Waals surface area contributed by atoms with E-state index < -0.39 is 6.04 Å². The third-order valence-electron chi connectivity index (χ3n) is 4.10. The summed E-state index contributed by atoms with van der Waals surface area (Å²) >= 11 is 1.61. The molecule has 2 N–H and O–H groups in total.